The molecule has 0 amide bonds. The molecule has 5 heteroatoms. The molecule has 1 atom stereocenters. The molecule has 0 aromatic carbocycles. The summed E-state index contributed by atoms with van der Waals surface area (Å²) in [5, 5.41) is 0. The van der Waals surface area contributed by atoms with Crippen LogP contribution in [0.25, 0.3) is 0 Å². The SMILES string of the molecule is C[N+](C)(C)CCS[P+](=O)COC1CCCCCC1. The van der Waals surface area contributed by atoms with Crippen molar-refractivity contribution in [3.05, 3.63) is 0 Å². The molecule has 3 nitrogen and oxygen atoms in total. The van der Waals surface area contributed by atoms with E-state index >= 15 is 0 Å². The van der Waals surface area contributed by atoms with Gasteiger partial charge in [0.1, 0.15) is 11.4 Å². The summed E-state index contributed by atoms with van der Waals surface area (Å²) in [5.74, 6) is 0.951. The summed E-state index contributed by atoms with van der Waals surface area (Å²) >= 11 is 1.57. The fraction of sp³-hybridized carbons (Fsp3) is 1.00. The molecule has 0 saturated heterocycles. The first-order chi connectivity index (χ1) is 8.47. The third kappa shape index (κ3) is 8.47. The molecule has 1 fully saturated rings. The normalized spacial score (nSPS) is 19.6. The molecule has 0 spiro atoms. The van der Waals surface area contributed by atoms with Crippen molar-refractivity contribution < 1.29 is 13.8 Å². The summed E-state index contributed by atoms with van der Waals surface area (Å²) in [7, 11) is 5.25. The second kappa shape index (κ2) is 8.52. The van der Waals surface area contributed by atoms with Crippen molar-refractivity contribution in [2.75, 3.05) is 39.8 Å². The Balaban J connectivity index is 2.08. The summed E-state index contributed by atoms with van der Waals surface area (Å²) in [6.07, 6.45) is 8.35. The van der Waals surface area contributed by atoms with Crippen molar-refractivity contribution in [2.45, 2.75) is 44.6 Å². The van der Waals surface area contributed by atoms with E-state index in [1.807, 2.05) is 0 Å². The molecule has 1 unspecified atom stereocenters. The maximum Gasteiger partial charge on any atom is 0.439 e. The molecular weight excluding hydrogens is 265 g/mol. The molecule has 1 aliphatic rings. The maximum absolute atomic E-state index is 11.8. The van der Waals surface area contributed by atoms with Crippen molar-refractivity contribution in [1.29, 1.82) is 0 Å². The zero-order valence-corrected chi connectivity index (χ0v) is 13.8. The standard InChI is InChI=1S/C13H28NO2PS/c1-14(2,3)10-11-18-17(15)12-16-13-8-6-4-5-7-9-13/h13H,4-12H2,1-3H3/q+2. The lowest BCUT2D eigenvalue weighted by Gasteiger charge is -2.22. The molecule has 18 heavy (non-hydrogen) atoms. The molecule has 1 aliphatic carbocycles. The maximum atomic E-state index is 11.8. The van der Waals surface area contributed by atoms with E-state index < -0.39 is 7.00 Å². The third-order valence-corrected chi connectivity index (χ3v) is 5.96. The fourth-order valence-corrected chi connectivity index (χ4v) is 4.53. The summed E-state index contributed by atoms with van der Waals surface area (Å²) in [6, 6.07) is 0. The average molecular weight is 293 g/mol. The number of hydrogen-bond donors (Lipinski definition) is 0. The fourth-order valence-electron chi connectivity index (χ4n) is 2.03. The smallest absolute Gasteiger partial charge is 0.333 e. The monoisotopic (exact) mass is 293 g/mol. The number of quaternary nitrogens is 1. The Labute approximate surface area is 117 Å². The first-order valence-corrected chi connectivity index (χ1v) is 10.0. The molecule has 0 radical (unpaired) electrons. The minimum Gasteiger partial charge on any atom is -0.333 e. The van der Waals surface area contributed by atoms with Crippen LogP contribution in [-0.2, 0) is 9.30 Å². The van der Waals surface area contributed by atoms with E-state index in [2.05, 4.69) is 21.1 Å². The molecule has 0 heterocycles. The summed E-state index contributed by atoms with van der Waals surface area (Å²) in [6.45, 7) is 1.05. The van der Waals surface area contributed by atoms with Crippen molar-refractivity contribution in [2.24, 2.45) is 0 Å². The lowest BCUT2D eigenvalue weighted by molar-refractivity contribution is -0.867. The van der Waals surface area contributed by atoms with Crippen LogP contribution in [0.5, 0.6) is 0 Å². The van der Waals surface area contributed by atoms with Gasteiger partial charge in [-0.2, -0.15) is 0 Å². The number of rotatable bonds is 7. The van der Waals surface area contributed by atoms with Gasteiger partial charge in [-0.25, -0.2) is 0 Å². The van der Waals surface area contributed by atoms with Crippen LogP contribution in [0.1, 0.15) is 38.5 Å². The molecule has 0 aromatic rings. The van der Waals surface area contributed by atoms with Crippen molar-refractivity contribution in [3.63, 3.8) is 0 Å². The summed E-state index contributed by atoms with van der Waals surface area (Å²) < 4.78 is 18.6. The highest BCUT2D eigenvalue weighted by Crippen LogP contribution is 2.38. The third-order valence-electron chi connectivity index (χ3n) is 3.22. The minimum atomic E-state index is -1.23. The van der Waals surface area contributed by atoms with Gasteiger partial charge in [0.25, 0.3) is 6.35 Å². The van der Waals surface area contributed by atoms with Gasteiger partial charge in [-0.1, -0.05) is 30.2 Å². The van der Waals surface area contributed by atoms with Gasteiger partial charge in [0.05, 0.1) is 39.5 Å². The molecule has 0 aromatic heterocycles. The van der Waals surface area contributed by atoms with Crippen LogP contribution in [0, 0.1) is 0 Å². The molecular formula is C13H28NO2PS+2. The molecule has 0 aliphatic heterocycles. The molecule has 1 saturated carbocycles. The van der Waals surface area contributed by atoms with E-state index in [1.165, 1.54) is 25.7 Å². The van der Waals surface area contributed by atoms with Crippen molar-refractivity contribution >= 4 is 18.4 Å². The van der Waals surface area contributed by atoms with Crippen molar-refractivity contribution in [1.82, 2.24) is 0 Å². The van der Waals surface area contributed by atoms with Gasteiger partial charge in [0.2, 0.25) is 0 Å². The molecule has 0 bridgehead atoms. The predicted octanol–water partition coefficient (Wildman–Crippen LogP) is 3.87. The van der Waals surface area contributed by atoms with Crippen LogP contribution in [-0.4, -0.2) is 50.4 Å². The molecule has 1 rings (SSSR count). The van der Waals surface area contributed by atoms with Crippen LogP contribution < -0.4 is 0 Å². The topological polar surface area (TPSA) is 26.3 Å². The lowest BCUT2D eigenvalue weighted by atomic mass is 10.2. The first-order valence-electron chi connectivity index (χ1n) is 6.97. The van der Waals surface area contributed by atoms with E-state index in [0.29, 0.717) is 12.5 Å². The summed E-state index contributed by atoms with van der Waals surface area (Å²) in [5.41, 5.74) is 0. The van der Waals surface area contributed by atoms with Gasteiger partial charge in [-0.3, -0.25) is 0 Å². The van der Waals surface area contributed by atoms with Crippen LogP contribution in [0.2, 0.25) is 0 Å². The zero-order valence-electron chi connectivity index (χ0n) is 12.1. The van der Waals surface area contributed by atoms with Gasteiger partial charge < -0.3 is 9.22 Å². The van der Waals surface area contributed by atoms with E-state index in [-0.39, 0.29) is 0 Å². The summed E-state index contributed by atoms with van der Waals surface area (Å²) in [4.78, 5) is 0. The average Bonchev–Trinajstić information content (AvgIpc) is 2.53. The highest BCUT2D eigenvalue weighted by Gasteiger charge is 2.23. The molecule has 0 N–H and O–H groups in total. The Morgan fingerprint density at radius 2 is 1.78 bits per heavy atom. The Kier molecular flexibility index (Phi) is 7.78. The Bertz CT molecular complexity index is 248. The van der Waals surface area contributed by atoms with Gasteiger partial charge in [-0.15, -0.1) is 0 Å². The molecule has 106 valence electrons. The van der Waals surface area contributed by atoms with Crippen molar-refractivity contribution in [3.8, 4) is 0 Å². The number of nitrogens with zero attached hydrogens (tertiary/aromatic N) is 1. The van der Waals surface area contributed by atoms with E-state index in [9.17, 15) is 4.57 Å². The van der Waals surface area contributed by atoms with Gasteiger partial charge in [-0.05, 0) is 12.8 Å². The van der Waals surface area contributed by atoms with Crippen LogP contribution >= 0.6 is 18.4 Å². The number of ether oxygens (including phenoxy) is 1. The van der Waals surface area contributed by atoms with Gasteiger partial charge in [0.15, 0.2) is 0 Å². The quantitative estimate of drug-likeness (QED) is 0.405. The highest BCUT2D eigenvalue weighted by molar-refractivity contribution is 8.51. The predicted molar refractivity (Wildman–Crippen MR) is 80.4 cm³/mol. The van der Waals surface area contributed by atoms with E-state index in [1.54, 1.807) is 11.4 Å². The Hall–Kier alpha value is 0.370. The van der Waals surface area contributed by atoms with Gasteiger partial charge >= 0.3 is 7.00 Å². The van der Waals surface area contributed by atoms with E-state index in [4.69, 9.17) is 4.74 Å². The van der Waals surface area contributed by atoms with Crippen LogP contribution in [0.3, 0.4) is 0 Å². The second-order valence-corrected chi connectivity index (χ2v) is 9.68. The zero-order chi connectivity index (χ0) is 13.4. The van der Waals surface area contributed by atoms with Crippen LogP contribution in [0.4, 0.5) is 0 Å². The Morgan fingerprint density at radius 3 is 2.33 bits per heavy atom. The first kappa shape index (κ1) is 16.4. The Morgan fingerprint density at radius 1 is 1.17 bits per heavy atom. The minimum absolute atomic E-state index is 0.366. The number of hydrogen-bond acceptors (Lipinski definition) is 3. The highest BCUT2D eigenvalue weighted by atomic mass is 32.7. The lowest BCUT2D eigenvalue weighted by Crippen LogP contribution is -2.36. The van der Waals surface area contributed by atoms with Crippen LogP contribution in [0.15, 0.2) is 0 Å². The second-order valence-electron chi connectivity index (χ2n) is 6.09. The van der Waals surface area contributed by atoms with E-state index in [0.717, 1.165) is 29.6 Å². The largest absolute Gasteiger partial charge is 0.439 e. The van der Waals surface area contributed by atoms with Gasteiger partial charge in [0, 0.05) is 0 Å².